The number of nitrogens with one attached hydrogen (secondary N) is 1. The first-order chi connectivity index (χ1) is 10.1. The van der Waals surface area contributed by atoms with Crippen LogP contribution in [0.15, 0.2) is 23.2 Å². The summed E-state index contributed by atoms with van der Waals surface area (Å²) in [5.41, 5.74) is 0.618. The first-order valence-corrected chi connectivity index (χ1v) is 8.44. The normalized spacial score (nSPS) is 30.8. The predicted octanol–water partition coefficient (Wildman–Crippen LogP) is 4.11. The summed E-state index contributed by atoms with van der Waals surface area (Å²) in [4.78, 5) is 4.46. The molecule has 0 aromatic heterocycles. The Hall–Kier alpha value is -1.10. The Labute approximate surface area is 128 Å². The van der Waals surface area contributed by atoms with Crippen LogP contribution >= 0.6 is 11.8 Å². The van der Waals surface area contributed by atoms with Crippen LogP contribution in [0, 0.1) is 17.6 Å². The maximum absolute atomic E-state index is 13.6. The number of nitrogens with zero attached hydrogens (tertiary/aromatic N) is 1. The Morgan fingerprint density at radius 2 is 2.29 bits per heavy atom. The van der Waals surface area contributed by atoms with Crippen molar-refractivity contribution in [3.05, 3.63) is 35.4 Å². The summed E-state index contributed by atoms with van der Waals surface area (Å²) in [6, 6.07) is 3.65. The van der Waals surface area contributed by atoms with Crippen LogP contribution < -0.4 is 5.32 Å². The number of hydrogen-bond donors (Lipinski definition) is 1. The number of aliphatic imine (C=N–C) groups is 1. The van der Waals surface area contributed by atoms with Gasteiger partial charge in [-0.25, -0.2) is 8.78 Å². The first kappa shape index (κ1) is 14.8. The molecule has 1 aromatic rings. The highest BCUT2D eigenvalue weighted by Gasteiger charge is 2.40. The Bertz CT molecular complexity index is 561. The highest BCUT2D eigenvalue weighted by atomic mass is 32.2. The highest BCUT2D eigenvalue weighted by molar-refractivity contribution is 8.14. The lowest BCUT2D eigenvalue weighted by atomic mass is 9.78. The van der Waals surface area contributed by atoms with Crippen molar-refractivity contribution in [2.75, 3.05) is 5.75 Å². The van der Waals surface area contributed by atoms with Gasteiger partial charge in [0.25, 0.3) is 0 Å². The molecule has 1 aliphatic heterocycles. The van der Waals surface area contributed by atoms with E-state index in [0.717, 1.165) is 22.9 Å². The predicted molar refractivity (Wildman–Crippen MR) is 83.5 cm³/mol. The van der Waals surface area contributed by atoms with Gasteiger partial charge in [0.1, 0.15) is 11.6 Å². The fourth-order valence-corrected chi connectivity index (χ4v) is 4.49. The van der Waals surface area contributed by atoms with Crippen molar-refractivity contribution in [1.29, 1.82) is 0 Å². The number of hydrogen-bond acceptors (Lipinski definition) is 2. The maximum Gasteiger partial charge on any atom is 0.157 e. The Balaban J connectivity index is 1.65. The first-order valence-electron chi connectivity index (χ1n) is 7.46. The summed E-state index contributed by atoms with van der Waals surface area (Å²) >= 11 is 1.72. The topological polar surface area (TPSA) is 24.4 Å². The summed E-state index contributed by atoms with van der Waals surface area (Å²) in [5.74, 6) is 0.721. The van der Waals surface area contributed by atoms with Gasteiger partial charge in [0, 0.05) is 22.9 Å². The van der Waals surface area contributed by atoms with Crippen LogP contribution in [-0.2, 0) is 6.54 Å². The number of benzene rings is 1. The number of halogens is 2. The molecule has 2 atom stereocenters. The molecule has 2 nitrogen and oxygen atoms in total. The zero-order valence-corrected chi connectivity index (χ0v) is 13.0. The molecule has 1 N–H and O–H groups in total. The van der Waals surface area contributed by atoms with Crippen molar-refractivity contribution in [3.8, 4) is 0 Å². The Morgan fingerprint density at radius 3 is 3.05 bits per heavy atom. The van der Waals surface area contributed by atoms with Gasteiger partial charge in [-0.15, -0.1) is 0 Å². The largest absolute Gasteiger partial charge is 0.359 e. The molecule has 1 aromatic carbocycles. The van der Waals surface area contributed by atoms with Crippen molar-refractivity contribution in [3.63, 3.8) is 0 Å². The van der Waals surface area contributed by atoms with Gasteiger partial charge in [-0.2, -0.15) is 0 Å². The second-order valence-electron chi connectivity index (χ2n) is 6.25. The summed E-state index contributed by atoms with van der Waals surface area (Å²) < 4.78 is 26.5. The van der Waals surface area contributed by atoms with Crippen molar-refractivity contribution >= 4 is 16.9 Å². The lowest BCUT2D eigenvalue weighted by Crippen LogP contribution is -2.47. The van der Waals surface area contributed by atoms with Crippen LogP contribution in [0.2, 0.25) is 0 Å². The van der Waals surface area contributed by atoms with Crippen LogP contribution in [-0.4, -0.2) is 16.5 Å². The fraction of sp³-hybridized carbons (Fsp3) is 0.562. The second-order valence-corrected chi connectivity index (χ2v) is 7.22. The monoisotopic (exact) mass is 310 g/mol. The van der Waals surface area contributed by atoms with Crippen molar-refractivity contribution in [1.82, 2.24) is 5.32 Å². The fourth-order valence-electron chi connectivity index (χ4n) is 3.30. The molecular formula is C16H20F2N2S. The van der Waals surface area contributed by atoms with E-state index in [1.54, 1.807) is 11.8 Å². The van der Waals surface area contributed by atoms with Gasteiger partial charge in [-0.05, 0) is 24.8 Å². The van der Waals surface area contributed by atoms with Gasteiger partial charge >= 0.3 is 0 Å². The van der Waals surface area contributed by atoms with E-state index in [4.69, 9.17) is 0 Å². The van der Waals surface area contributed by atoms with Gasteiger partial charge < -0.3 is 5.32 Å². The average molecular weight is 310 g/mol. The average Bonchev–Trinajstić information content (AvgIpc) is 2.80. The molecule has 21 heavy (non-hydrogen) atoms. The molecule has 1 saturated carbocycles. The number of thioether (sulfide) groups is 1. The third-order valence-corrected chi connectivity index (χ3v) is 5.56. The van der Waals surface area contributed by atoms with E-state index in [1.165, 1.54) is 37.8 Å². The Morgan fingerprint density at radius 1 is 1.43 bits per heavy atom. The van der Waals surface area contributed by atoms with Gasteiger partial charge in [0.05, 0.1) is 6.54 Å². The van der Waals surface area contributed by atoms with Crippen molar-refractivity contribution < 1.29 is 8.78 Å². The minimum absolute atomic E-state index is 0.183. The minimum atomic E-state index is -0.549. The summed E-state index contributed by atoms with van der Waals surface area (Å²) in [6.07, 6.45) is 4.94. The van der Waals surface area contributed by atoms with Crippen LogP contribution in [0.5, 0.6) is 0 Å². The molecular weight excluding hydrogens is 290 g/mol. The van der Waals surface area contributed by atoms with E-state index in [0.29, 0.717) is 5.56 Å². The quantitative estimate of drug-likeness (QED) is 0.889. The van der Waals surface area contributed by atoms with Gasteiger partial charge in [0.2, 0.25) is 0 Å². The number of rotatable bonds is 2. The van der Waals surface area contributed by atoms with E-state index in [2.05, 4.69) is 17.2 Å². The zero-order valence-electron chi connectivity index (χ0n) is 12.2. The summed E-state index contributed by atoms with van der Waals surface area (Å²) in [7, 11) is 0. The second kappa shape index (κ2) is 5.95. The van der Waals surface area contributed by atoms with Crippen LogP contribution in [0.1, 0.15) is 38.2 Å². The van der Waals surface area contributed by atoms with Gasteiger partial charge in [0.15, 0.2) is 5.17 Å². The van der Waals surface area contributed by atoms with Crippen LogP contribution in [0.3, 0.4) is 0 Å². The number of amidine groups is 1. The van der Waals surface area contributed by atoms with E-state index >= 15 is 0 Å². The third-order valence-electron chi connectivity index (χ3n) is 4.36. The van der Waals surface area contributed by atoms with Crippen molar-refractivity contribution in [2.45, 2.75) is 44.7 Å². The molecule has 0 radical (unpaired) electrons. The van der Waals surface area contributed by atoms with Crippen molar-refractivity contribution in [2.24, 2.45) is 10.9 Å². The van der Waals surface area contributed by atoms with E-state index in [1.807, 2.05) is 0 Å². The van der Waals surface area contributed by atoms with E-state index < -0.39 is 11.6 Å². The van der Waals surface area contributed by atoms with Gasteiger partial charge in [-0.1, -0.05) is 37.6 Å². The third kappa shape index (κ3) is 3.39. The molecule has 2 unspecified atom stereocenters. The molecule has 2 aliphatic rings. The zero-order chi connectivity index (χ0) is 14.9. The lowest BCUT2D eigenvalue weighted by Gasteiger charge is -2.36. The van der Waals surface area contributed by atoms with Crippen LogP contribution in [0.4, 0.5) is 8.78 Å². The smallest absolute Gasteiger partial charge is 0.157 e. The highest BCUT2D eigenvalue weighted by Crippen LogP contribution is 2.38. The maximum atomic E-state index is 13.6. The Kier molecular flexibility index (Phi) is 4.20. The standard InChI is InChI=1S/C16H20F2N2S/c1-11-3-2-6-16(8-11)10-21-15(20-16)19-9-12-4-5-13(17)7-14(12)18/h4-5,7,11H,2-3,6,8-10H2,1H3,(H,19,20). The van der Waals surface area contributed by atoms with Gasteiger partial charge in [-0.3, -0.25) is 4.99 Å². The molecule has 1 saturated heterocycles. The molecule has 3 rings (SSSR count). The molecule has 1 spiro atoms. The minimum Gasteiger partial charge on any atom is -0.359 e. The lowest BCUT2D eigenvalue weighted by molar-refractivity contribution is 0.242. The molecule has 5 heteroatoms. The van der Waals surface area contributed by atoms with E-state index in [-0.39, 0.29) is 12.1 Å². The molecule has 114 valence electrons. The molecule has 1 aliphatic carbocycles. The SMILES string of the molecule is CC1CCCC2(CSC(=NCc3ccc(F)cc3F)N2)C1. The van der Waals surface area contributed by atoms with E-state index in [9.17, 15) is 8.78 Å². The van der Waals surface area contributed by atoms with Crippen LogP contribution in [0.25, 0.3) is 0 Å². The molecule has 2 fully saturated rings. The molecule has 0 amide bonds. The molecule has 1 heterocycles. The summed E-state index contributed by atoms with van der Waals surface area (Å²) in [5, 5.41) is 4.45. The molecule has 0 bridgehead atoms. The summed E-state index contributed by atoms with van der Waals surface area (Å²) in [6.45, 7) is 2.56.